The summed E-state index contributed by atoms with van der Waals surface area (Å²) in [5, 5.41) is 6.05. The van der Waals surface area contributed by atoms with Crippen LogP contribution >= 0.6 is 0 Å². The number of hydrogen-bond donors (Lipinski definition) is 3. The van der Waals surface area contributed by atoms with E-state index in [-0.39, 0.29) is 36.5 Å². The zero-order chi connectivity index (χ0) is 18.1. The van der Waals surface area contributed by atoms with E-state index in [2.05, 4.69) is 20.6 Å². The van der Waals surface area contributed by atoms with Crippen molar-refractivity contribution in [2.24, 2.45) is 0 Å². The molecule has 0 radical (unpaired) electrons. The lowest BCUT2D eigenvalue weighted by Gasteiger charge is -2.21. The minimum absolute atomic E-state index is 0.179. The van der Waals surface area contributed by atoms with Crippen LogP contribution in [0.1, 0.15) is 34.8 Å². The van der Waals surface area contributed by atoms with Crippen molar-refractivity contribution in [1.82, 2.24) is 15.3 Å². The van der Waals surface area contributed by atoms with Crippen LogP contribution in [0.3, 0.4) is 0 Å². The van der Waals surface area contributed by atoms with Gasteiger partial charge in [0, 0.05) is 36.0 Å². The van der Waals surface area contributed by atoms with E-state index in [1.54, 1.807) is 30.5 Å². The van der Waals surface area contributed by atoms with Crippen LogP contribution < -0.4 is 10.6 Å². The van der Waals surface area contributed by atoms with Crippen molar-refractivity contribution >= 4 is 34.4 Å². The molecule has 7 heteroatoms. The average Bonchev–Trinajstić information content (AvgIpc) is 3.09. The Hall–Kier alpha value is -3.48. The standard InChI is InChI=1S/C19H16N4O3/c24-16-9-13(10-17(25)23-16)12-2-1-3-14(8-12)21-19(26)15-5-4-11-6-7-20-18(11)22-15/h1-8,13H,9-10H2,(H,20,22)(H,21,26)(H,23,24,25). The lowest BCUT2D eigenvalue weighted by Crippen LogP contribution is -2.37. The van der Waals surface area contributed by atoms with Gasteiger partial charge in [-0.15, -0.1) is 0 Å². The molecule has 1 saturated heterocycles. The zero-order valence-electron chi connectivity index (χ0n) is 13.8. The largest absolute Gasteiger partial charge is 0.346 e. The number of nitrogens with zero attached hydrogens (tertiary/aromatic N) is 1. The SMILES string of the molecule is O=C1CC(c2cccc(NC(=O)c3ccc4cc[nH]c4n3)c2)CC(=O)N1. The second-order valence-electron chi connectivity index (χ2n) is 6.27. The lowest BCUT2D eigenvalue weighted by molar-refractivity contribution is -0.133. The number of anilines is 1. The predicted molar refractivity (Wildman–Crippen MR) is 95.6 cm³/mol. The zero-order valence-corrected chi connectivity index (χ0v) is 13.8. The Morgan fingerprint density at radius 3 is 2.69 bits per heavy atom. The van der Waals surface area contributed by atoms with Crippen LogP contribution in [-0.4, -0.2) is 27.7 Å². The molecule has 0 bridgehead atoms. The van der Waals surface area contributed by atoms with E-state index in [0.717, 1.165) is 10.9 Å². The number of aromatic amines is 1. The Kier molecular flexibility index (Phi) is 3.96. The molecule has 0 unspecified atom stereocenters. The fourth-order valence-corrected chi connectivity index (χ4v) is 3.14. The van der Waals surface area contributed by atoms with E-state index in [1.807, 2.05) is 18.2 Å². The third-order valence-corrected chi connectivity index (χ3v) is 4.40. The van der Waals surface area contributed by atoms with Gasteiger partial charge in [-0.1, -0.05) is 12.1 Å². The molecule has 0 aliphatic carbocycles. The van der Waals surface area contributed by atoms with E-state index in [4.69, 9.17) is 0 Å². The number of pyridine rings is 1. The van der Waals surface area contributed by atoms with E-state index >= 15 is 0 Å². The van der Waals surface area contributed by atoms with E-state index in [0.29, 0.717) is 17.0 Å². The van der Waals surface area contributed by atoms with Crippen molar-refractivity contribution in [2.75, 3.05) is 5.32 Å². The quantitative estimate of drug-likeness (QED) is 0.632. The number of benzene rings is 1. The van der Waals surface area contributed by atoms with E-state index in [1.165, 1.54) is 0 Å². The molecule has 130 valence electrons. The molecule has 3 N–H and O–H groups in total. The number of imide groups is 1. The summed E-state index contributed by atoms with van der Waals surface area (Å²) in [6.07, 6.45) is 2.28. The van der Waals surface area contributed by atoms with Crippen LogP contribution in [0.25, 0.3) is 11.0 Å². The number of H-pyrrole nitrogens is 1. The highest BCUT2D eigenvalue weighted by atomic mass is 16.2. The lowest BCUT2D eigenvalue weighted by atomic mass is 9.89. The minimum atomic E-state index is -0.323. The summed E-state index contributed by atoms with van der Waals surface area (Å²) in [7, 11) is 0. The fourth-order valence-electron chi connectivity index (χ4n) is 3.14. The Bertz CT molecular complexity index is 1010. The predicted octanol–water partition coefficient (Wildman–Crippen LogP) is 2.34. The minimum Gasteiger partial charge on any atom is -0.346 e. The maximum Gasteiger partial charge on any atom is 0.274 e. The summed E-state index contributed by atoms with van der Waals surface area (Å²) in [4.78, 5) is 42.9. The van der Waals surface area contributed by atoms with Gasteiger partial charge in [-0.25, -0.2) is 4.98 Å². The van der Waals surface area contributed by atoms with Crippen LogP contribution in [-0.2, 0) is 9.59 Å². The first-order chi connectivity index (χ1) is 12.6. The van der Waals surface area contributed by atoms with Gasteiger partial charge >= 0.3 is 0 Å². The third-order valence-electron chi connectivity index (χ3n) is 4.40. The van der Waals surface area contributed by atoms with Gasteiger partial charge in [0.25, 0.3) is 5.91 Å². The Labute approximate surface area is 148 Å². The summed E-state index contributed by atoms with van der Waals surface area (Å²) in [6, 6.07) is 12.6. The molecule has 1 aliphatic heterocycles. The molecule has 1 aliphatic rings. The molecule has 3 heterocycles. The average molecular weight is 348 g/mol. The smallest absolute Gasteiger partial charge is 0.274 e. The highest BCUT2D eigenvalue weighted by molar-refractivity contribution is 6.04. The van der Waals surface area contributed by atoms with Gasteiger partial charge in [-0.05, 0) is 35.9 Å². The second kappa shape index (κ2) is 6.44. The van der Waals surface area contributed by atoms with Gasteiger partial charge in [-0.2, -0.15) is 0 Å². The molecule has 4 rings (SSSR count). The summed E-state index contributed by atoms with van der Waals surface area (Å²) < 4.78 is 0. The molecular weight excluding hydrogens is 332 g/mol. The van der Waals surface area contributed by atoms with Crippen molar-refractivity contribution in [3.05, 3.63) is 59.9 Å². The molecule has 1 fully saturated rings. The monoisotopic (exact) mass is 348 g/mol. The van der Waals surface area contributed by atoms with Crippen molar-refractivity contribution in [3.63, 3.8) is 0 Å². The molecule has 2 aromatic heterocycles. The van der Waals surface area contributed by atoms with Gasteiger partial charge < -0.3 is 10.3 Å². The van der Waals surface area contributed by atoms with Gasteiger partial charge in [0.1, 0.15) is 11.3 Å². The third kappa shape index (κ3) is 3.19. The van der Waals surface area contributed by atoms with Gasteiger partial charge in [0.05, 0.1) is 0 Å². The van der Waals surface area contributed by atoms with Crippen molar-refractivity contribution in [3.8, 4) is 0 Å². The highest BCUT2D eigenvalue weighted by Gasteiger charge is 2.26. The van der Waals surface area contributed by atoms with Crippen LogP contribution in [0, 0.1) is 0 Å². The molecule has 0 saturated carbocycles. The topological polar surface area (TPSA) is 104 Å². The maximum absolute atomic E-state index is 12.5. The Balaban J connectivity index is 1.53. The first kappa shape index (κ1) is 16.0. The van der Waals surface area contributed by atoms with E-state index in [9.17, 15) is 14.4 Å². The summed E-state index contributed by atoms with van der Waals surface area (Å²) in [5.41, 5.74) is 2.40. The Morgan fingerprint density at radius 1 is 1.08 bits per heavy atom. The first-order valence-electron chi connectivity index (χ1n) is 8.26. The van der Waals surface area contributed by atoms with E-state index < -0.39 is 0 Å². The van der Waals surface area contributed by atoms with Crippen molar-refractivity contribution in [1.29, 1.82) is 0 Å². The van der Waals surface area contributed by atoms with Gasteiger partial charge in [0.2, 0.25) is 11.8 Å². The van der Waals surface area contributed by atoms with Crippen LogP contribution in [0.5, 0.6) is 0 Å². The molecule has 0 spiro atoms. The number of carbonyl (C=O) groups excluding carboxylic acids is 3. The van der Waals surface area contributed by atoms with Crippen LogP contribution in [0.2, 0.25) is 0 Å². The Morgan fingerprint density at radius 2 is 1.88 bits per heavy atom. The first-order valence-corrected chi connectivity index (χ1v) is 8.26. The van der Waals surface area contributed by atoms with Gasteiger partial charge in [0.15, 0.2) is 0 Å². The summed E-state index contributed by atoms with van der Waals surface area (Å²) in [5.74, 6) is -1.05. The summed E-state index contributed by atoms with van der Waals surface area (Å²) >= 11 is 0. The normalized spacial score (nSPS) is 15.1. The number of hydrogen-bond acceptors (Lipinski definition) is 4. The van der Waals surface area contributed by atoms with Crippen LogP contribution in [0.15, 0.2) is 48.7 Å². The number of rotatable bonds is 3. The molecule has 26 heavy (non-hydrogen) atoms. The number of carbonyl (C=O) groups is 3. The number of aromatic nitrogens is 2. The van der Waals surface area contributed by atoms with Gasteiger partial charge in [-0.3, -0.25) is 19.7 Å². The van der Waals surface area contributed by atoms with Crippen LogP contribution in [0.4, 0.5) is 5.69 Å². The summed E-state index contributed by atoms with van der Waals surface area (Å²) in [6.45, 7) is 0. The number of fused-ring (bicyclic) bond motifs is 1. The number of piperidine rings is 1. The fraction of sp³-hybridized carbons (Fsp3) is 0.158. The molecule has 7 nitrogen and oxygen atoms in total. The van der Waals surface area contributed by atoms with Crippen molar-refractivity contribution in [2.45, 2.75) is 18.8 Å². The molecule has 0 atom stereocenters. The highest BCUT2D eigenvalue weighted by Crippen LogP contribution is 2.28. The van der Waals surface area contributed by atoms with Crippen molar-refractivity contribution < 1.29 is 14.4 Å². The number of nitrogens with one attached hydrogen (secondary N) is 3. The maximum atomic E-state index is 12.5. The number of amides is 3. The molecule has 3 aromatic rings. The molecular formula is C19H16N4O3. The molecule has 1 aromatic carbocycles. The molecule has 3 amide bonds. The second-order valence-corrected chi connectivity index (χ2v) is 6.27.